The van der Waals surface area contributed by atoms with Crippen molar-refractivity contribution >= 4 is 5.91 Å². The van der Waals surface area contributed by atoms with E-state index in [1.165, 1.54) is 12.1 Å². The molecule has 0 saturated carbocycles. The Morgan fingerprint density at radius 1 is 1.40 bits per heavy atom. The Morgan fingerprint density at radius 2 is 2.20 bits per heavy atom. The van der Waals surface area contributed by atoms with Crippen LogP contribution in [0.2, 0.25) is 0 Å². The molecule has 1 aromatic carbocycles. The third kappa shape index (κ3) is 3.30. The van der Waals surface area contributed by atoms with E-state index >= 15 is 0 Å². The molecule has 0 unspecified atom stereocenters. The number of rotatable bonds is 4. The minimum atomic E-state index is -0.478. The Hall–Kier alpha value is -2.47. The molecule has 1 amide bonds. The summed E-state index contributed by atoms with van der Waals surface area (Å²) in [5, 5.41) is 0. The summed E-state index contributed by atoms with van der Waals surface area (Å²) in [7, 11) is 0. The molecule has 0 spiro atoms. The van der Waals surface area contributed by atoms with E-state index in [4.69, 9.17) is 10.6 Å². The zero-order chi connectivity index (χ0) is 14.5. The van der Waals surface area contributed by atoms with Crippen LogP contribution in [0.4, 0.5) is 4.39 Å². The van der Waals surface area contributed by atoms with Gasteiger partial charge >= 0.3 is 0 Å². The Morgan fingerprint density at radius 3 is 2.95 bits per heavy atom. The number of amides is 1. The van der Waals surface area contributed by atoms with Crippen LogP contribution < -0.4 is 16.0 Å². The average molecular weight is 275 g/mol. The second-order valence-corrected chi connectivity index (χ2v) is 4.19. The number of benzene rings is 1. The molecule has 1 heterocycles. The smallest absolute Gasteiger partial charge is 0.283 e. The van der Waals surface area contributed by atoms with Crippen molar-refractivity contribution in [2.45, 2.75) is 13.5 Å². The zero-order valence-electron chi connectivity index (χ0n) is 10.9. The first-order valence-electron chi connectivity index (χ1n) is 5.96. The topological polar surface area (TPSA) is 77.2 Å². The first-order valence-corrected chi connectivity index (χ1v) is 5.96. The summed E-state index contributed by atoms with van der Waals surface area (Å²) >= 11 is 0. The lowest BCUT2D eigenvalue weighted by Gasteiger charge is -2.09. The summed E-state index contributed by atoms with van der Waals surface area (Å²) in [5.74, 6) is 4.64. The number of nitrogens with zero attached hydrogens (tertiary/aromatic N) is 1. The molecule has 1 aromatic heterocycles. The second-order valence-electron chi connectivity index (χ2n) is 4.19. The highest BCUT2D eigenvalue weighted by Crippen LogP contribution is 2.19. The van der Waals surface area contributed by atoms with Gasteiger partial charge in [0.2, 0.25) is 0 Å². The predicted molar refractivity (Wildman–Crippen MR) is 71.4 cm³/mol. The molecule has 0 bridgehead atoms. The van der Waals surface area contributed by atoms with E-state index in [0.29, 0.717) is 11.4 Å². The van der Waals surface area contributed by atoms with E-state index in [-0.39, 0.29) is 18.1 Å². The van der Waals surface area contributed by atoms with Gasteiger partial charge in [-0.05, 0) is 30.7 Å². The van der Waals surface area contributed by atoms with Crippen LogP contribution >= 0.6 is 0 Å². The van der Waals surface area contributed by atoms with Gasteiger partial charge in [-0.15, -0.1) is 0 Å². The van der Waals surface area contributed by atoms with Crippen LogP contribution in [-0.2, 0) is 6.61 Å². The first kappa shape index (κ1) is 14.0. The molecule has 0 radical (unpaired) electrons. The Labute approximate surface area is 115 Å². The SMILES string of the molecule is Cc1ccc(F)cc1OCc1cccc(C(=O)NN)n1. The molecule has 6 heteroatoms. The Bertz CT molecular complexity index is 632. The summed E-state index contributed by atoms with van der Waals surface area (Å²) in [5.41, 5.74) is 3.58. The summed E-state index contributed by atoms with van der Waals surface area (Å²) < 4.78 is 18.6. The Balaban J connectivity index is 2.11. The van der Waals surface area contributed by atoms with Crippen LogP contribution in [0, 0.1) is 12.7 Å². The van der Waals surface area contributed by atoms with Crippen molar-refractivity contribution in [3.05, 3.63) is 59.2 Å². The molecular weight excluding hydrogens is 261 g/mol. The summed E-state index contributed by atoms with van der Waals surface area (Å²) in [6.45, 7) is 1.95. The summed E-state index contributed by atoms with van der Waals surface area (Å²) in [4.78, 5) is 15.4. The van der Waals surface area contributed by atoms with Gasteiger partial charge in [-0.25, -0.2) is 15.2 Å². The third-order valence-electron chi connectivity index (χ3n) is 2.70. The maximum atomic E-state index is 13.1. The van der Waals surface area contributed by atoms with Gasteiger partial charge in [0.05, 0.1) is 5.69 Å². The number of ether oxygens (including phenoxy) is 1. The summed E-state index contributed by atoms with van der Waals surface area (Å²) in [6.07, 6.45) is 0. The number of nitrogens with two attached hydrogens (primary N) is 1. The van der Waals surface area contributed by atoms with E-state index in [1.807, 2.05) is 12.3 Å². The molecule has 20 heavy (non-hydrogen) atoms. The largest absolute Gasteiger partial charge is 0.487 e. The molecule has 0 aliphatic heterocycles. The van der Waals surface area contributed by atoms with Crippen molar-refractivity contribution in [3.63, 3.8) is 0 Å². The lowest BCUT2D eigenvalue weighted by Crippen LogP contribution is -2.30. The normalized spacial score (nSPS) is 10.2. The number of aromatic nitrogens is 1. The van der Waals surface area contributed by atoms with Gasteiger partial charge in [-0.1, -0.05) is 12.1 Å². The second kappa shape index (κ2) is 6.12. The molecule has 2 rings (SSSR count). The van der Waals surface area contributed by atoms with E-state index in [2.05, 4.69) is 4.98 Å². The number of halogens is 1. The molecule has 5 nitrogen and oxygen atoms in total. The molecule has 0 saturated heterocycles. The standard InChI is InChI=1S/C14H14FN3O2/c1-9-5-6-10(15)7-13(9)20-8-11-3-2-4-12(17-11)14(19)18-16/h2-7H,8,16H2,1H3,(H,18,19). The van der Waals surface area contributed by atoms with Crippen molar-refractivity contribution < 1.29 is 13.9 Å². The number of nitrogen functional groups attached to an aromatic ring is 1. The van der Waals surface area contributed by atoms with Crippen LogP contribution in [0.3, 0.4) is 0 Å². The number of carbonyl (C=O) groups excluding carboxylic acids is 1. The summed E-state index contributed by atoms with van der Waals surface area (Å²) in [6, 6.07) is 9.24. The highest BCUT2D eigenvalue weighted by Gasteiger charge is 2.07. The van der Waals surface area contributed by atoms with Crippen molar-refractivity contribution in [1.29, 1.82) is 0 Å². The highest BCUT2D eigenvalue weighted by molar-refractivity contribution is 5.91. The van der Waals surface area contributed by atoms with Gasteiger partial charge in [0, 0.05) is 6.07 Å². The van der Waals surface area contributed by atoms with Crippen molar-refractivity contribution in [1.82, 2.24) is 10.4 Å². The van der Waals surface area contributed by atoms with E-state index in [9.17, 15) is 9.18 Å². The lowest BCUT2D eigenvalue weighted by atomic mass is 10.2. The van der Waals surface area contributed by atoms with E-state index in [1.54, 1.807) is 24.3 Å². The van der Waals surface area contributed by atoms with Crippen molar-refractivity contribution in [2.24, 2.45) is 5.84 Å². The van der Waals surface area contributed by atoms with Crippen molar-refractivity contribution in [2.75, 3.05) is 0 Å². The molecule has 0 aliphatic carbocycles. The van der Waals surface area contributed by atoms with Crippen LogP contribution in [0.1, 0.15) is 21.7 Å². The molecule has 0 atom stereocenters. The fourth-order valence-corrected chi connectivity index (χ4v) is 1.64. The lowest BCUT2D eigenvalue weighted by molar-refractivity contribution is 0.0948. The first-order chi connectivity index (χ1) is 9.60. The van der Waals surface area contributed by atoms with Gasteiger partial charge in [-0.2, -0.15) is 0 Å². The minimum Gasteiger partial charge on any atom is -0.487 e. The maximum absolute atomic E-state index is 13.1. The number of hydrogen-bond acceptors (Lipinski definition) is 4. The minimum absolute atomic E-state index is 0.135. The quantitative estimate of drug-likeness (QED) is 0.506. The van der Waals surface area contributed by atoms with Gasteiger partial charge in [0.25, 0.3) is 5.91 Å². The Kier molecular flexibility index (Phi) is 4.27. The number of hydrogen-bond donors (Lipinski definition) is 2. The molecular formula is C14H14FN3O2. The molecule has 104 valence electrons. The van der Waals surface area contributed by atoms with Gasteiger partial charge in [0.1, 0.15) is 23.9 Å². The molecule has 0 aliphatic rings. The van der Waals surface area contributed by atoms with Crippen LogP contribution in [-0.4, -0.2) is 10.9 Å². The van der Waals surface area contributed by atoms with E-state index < -0.39 is 5.91 Å². The fraction of sp³-hybridized carbons (Fsp3) is 0.143. The van der Waals surface area contributed by atoms with Crippen molar-refractivity contribution in [3.8, 4) is 5.75 Å². The monoisotopic (exact) mass is 275 g/mol. The molecule has 0 fully saturated rings. The number of carbonyl (C=O) groups is 1. The zero-order valence-corrected chi connectivity index (χ0v) is 10.9. The van der Waals surface area contributed by atoms with Crippen LogP contribution in [0.25, 0.3) is 0 Å². The number of pyridine rings is 1. The maximum Gasteiger partial charge on any atom is 0.283 e. The molecule has 3 N–H and O–H groups in total. The van der Waals surface area contributed by atoms with Gasteiger partial charge in [0.15, 0.2) is 0 Å². The van der Waals surface area contributed by atoms with Gasteiger partial charge in [-0.3, -0.25) is 10.2 Å². The number of nitrogens with one attached hydrogen (secondary N) is 1. The number of aryl methyl sites for hydroxylation is 1. The van der Waals surface area contributed by atoms with Crippen LogP contribution in [0.15, 0.2) is 36.4 Å². The average Bonchev–Trinajstić information content (AvgIpc) is 2.47. The fourth-order valence-electron chi connectivity index (χ4n) is 1.64. The number of hydrazine groups is 1. The van der Waals surface area contributed by atoms with Gasteiger partial charge < -0.3 is 4.74 Å². The predicted octanol–water partition coefficient (Wildman–Crippen LogP) is 1.71. The van der Waals surface area contributed by atoms with Crippen LogP contribution in [0.5, 0.6) is 5.75 Å². The highest BCUT2D eigenvalue weighted by atomic mass is 19.1. The third-order valence-corrected chi connectivity index (χ3v) is 2.70. The molecule has 2 aromatic rings. The van der Waals surface area contributed by atoms with E-state index in [0.717, 1.165) is 5.56 Å².